The number of halogens is 1. The van der Waals surface area contributed by atoms with Crippen molar-refractivity contribution in [3.63, 3.8) is 0 Å². The summed E-state index contributed by atoms with van der Waals surface area (Å²) in [5, 5.41) is 0. The van der Waals surface area contributed by atoms with Crippen molar-refractivity contribution >= 4 is 27.6 Å². The molecule has 4 rings (SSSR count). The van der Waals surface area contributed by atoms with Gasteiger partial charge in [0.05, 0.1) is 12.0 Å². The number of benzene rings is 3. The lowest BCUT2D eigenvalue weighted by molar-refractivity contribution is -0.126. The van der Waals surface area contributed by atoms with Crippen LogP contribution in [0.1, 0.15) is 11.1 Å². The normalized spacial score (nSPS) is 15.2. The van der Waals surface area contributed by atoms with Gasteiger partial charge in [-0.15, -0.1) is 0 Å². The zero-order valence-electron chi connectivity index (χ0n) is 18.7. The molecule has 1 amide bonds. The maximum absolute atomic E-state index is 13.6. The molecule has 0 saturated carbocycles. The Bertz CT molecular complexity index is 1300. The van der Waals surface area contributed by atoms with Crippen LogP contribution in [0.2, 0.25) is 0 Å². The van der Waals surface area contributed by atoms with Crippen LogP contribution in [-0.4, -0.2) is 56.8 Å². The van der Waals surface area contributed by atoms with E-state index in [4.69, 9.17) is 4.74 Å². The van der Waals surface area contributed by atoms with Crippen LogP contribution in [0.15, 0.2) is 83.8 Å². The van der Waals surface area contributed by atoms with E-state index in [1.54, 1.807) is 18.1 Å². The summed E-state index contributed by atoms with van der Waals surface area (Å²) >= 11 is 0. The number of methoxy groups -OCH3 is 1. The molecule has 0 bridgehead atoms. The monoisotopic (exact) mass is 480 g/mol. The third kappa shape index (κ3) is 5.03. The van der Waals surface area contributed by atoms with Gasteiger partial charge in [-0.05, 0) is 35.9 Å². The molecule has 1 heterocycles. The predicted molar refractivity (Wildman–Crippen MR) is 129 cm³/mol. The highest BCUT2D eigenvalue weighted by Gasteiger charge is 2.31. The van der Waals surface area contributed by atoms with Crippen LogP contribution in [0.5, 0.6) is 5.75 Å². The molecule has 1 aliphatic rings. The highest BCUT2D eigenvalue weighted by molar-refractivity contribution is 7.89. The Morgan fingerprint density at radius 3 is 2.26 bits per heavy atom. The van der Waals surface area contributed by atoms with E-state index in [1.807, 2.05) is 54.6 Å². The Morgan fingerprint density at radius 1 is 0.912 bits per heavy atom. The van der Waals surface area contributed by atoms with E-state index in [-0.39, 0.29) is 37.0 Å². The Morgan fingerprint density at radius 2 is 1.59 bits per heavy atom. The van der Waals surface area contributed by atoms with Gasteiger partial charge in [-0.25, -0.2) is 12.8 Å². The summed E-state index contributed by atoms with van der Waals surface area (Å²) in [6, 6.07) is 21.7. The minimum Gasteiger partial charge on any atom is -0.496 e. The SMILES string of the molecule is COc1ccccc1/C=C(/C(=O)N1CCN(S(=O)(=O)c2cccc(F)c2)CC1)c1ccccc1. The summed E-state index contributed by atoms with van der Waals surface area (Å²) < 4.78 is 46.1. The summed E-state index contributed by atoms with van der Waals surface area (Å²) in [7, 11) is -2.26. The minimum atomic E-state index is -3.84. The average Bonchev–Trinajstić information content (AvgIpc) is 2.87. The second-order valence-corrected chi connectivity index (χ2v) is 9.76. The first kappa shape index (κ1) is 23.7. The molecule has 34 heavy (non-hydrogen) atoms. The summed E-state index contributed by atoms with van der Waals surface area (Å²) in [4.78, 5) is 15.1. The van der Waals surface area contributed by atoms with Gasteiger partial charge in [0.15, 0.2) is 0 Å². The van der Waals surface area contributed by atoms with Crippen molar-refractivity contribution in [1.29, 1.82) is 0 Å². The van der Waals surface area contributed by atoms with Crippen molar-refractivity contribution in [2.75, 3.05) is 33.3 Å². The highest BCUT2D eigenvalue weighted by atomic mass is 32.2. The zero-order chi connectivity index (χ0) is 24.1. The molecule has 176 valence electrons. The van der Waals surface area contributed by atoms with Gasteiger partial charge < -0.3 is 9.64 Å². The molecule has 8 heteroatoms. The smallest absolute Gasteiger partial charge is 0.254 e. The number of para-hydroxylation sites is 1. The number of sulfonamides is 1. The number of ether oxygens (including phenoxy) is 1. The number of amides is 1. The molecule has 0 aliphatic carbocycles. The van der Waals surface area contributed by atoms with Crippen LogP contribution in [-0.2, 0) is 14.8 Å². The Kier molecular flexibility index (Phi) is 7.09. The highest BCUT2D eigenvalue weighted by Crippen LogP contribution is 2.27. The molecule has 1 saturated heterocycles. The lowest BCUT2D eigenvalue weighted by atomic mass is 10.0. The number of hydrogen-bond acceptors (Lipinski definition) is 4. The number of rotatable bonds is 6. The van der Waals surface area contributed by atoms with E-state index >= 15 is 0 Å². The first-order valence-electron chi connectivity index (χ1n) is 10.9. The van der Waals surface area contributed by atoms with E-state index in [0.717, 1.165) is 17.2 Å². The Balaban J connectivity index is 1.57. The number of carbonyl (C=O) groups excluding carboxylic acids is 1. The van der Waals surface area contributed by atoms with Gasteiger partial charge in [0.2, 0.25) is 10.0 Å². The third-order valence-electron chi connectivity index (χ3n) is 5.71. The van der Waals surface area contributed by atoms with Crippen LogP contribution >= 0.6 is 0 Å². The van der Waals surface area contributed by atoms with E-state index < -0.39 is 15.8 Å². The van der Waals surface area contributed by atoms with Gasteiger partial charge in [0.25, 0.3) is 5.91 Å². The zero-order valence-corrected chi connectivity index (χ0v) is 19.5. The maximum atomic E-state index is 13.6. The van der Waals surface area contributed by atoms with Crippen molar-refractivity contribution in [2.24, 2.45) is 0 Å². The molecule has 0 spiro atoms. The maximum Gasteiger partial charge on any atom is 0.254 e. The summed E-state index contributed by atoms with van der Waals surface area (Å²) in [5.41, 5.74) is 2.02. The molecular weight excluding hydrogens is 455 g/mol. The molecule has 0 N–H and O–H groups in total. The lowest BCUT2D eigenvalue weighted by Gasteiger charge is -2.34. The quantitative estimate of drug-likeness (QED) is 0.396. The topological polar surface area (TPSA) is 66.9 Å². The molecule has 0 aromatic heterocycles. The fourth-order valence-electron chi connectivity index (χ4n) is 3.91. The number of hydrogen-bond donors (Lipinski definition) is 0. The molecule has 3 aromatic carbocycles. The standard InChI is InChI=1S/C26H25FN2O4S/c1-33-25-13-6-5-10-21(25)18-24(20-8-3-2-4-9-20)26(30)28-14-16-29(17-15-28)34(31,32)23-12-7-11-22(27)19-23/h2-13,18-19H,14-17H2,1H3/b24-18+. The molecule has 3 aromatic rings. The first-order chi connectivity index (χ1) is 16.4. The van der Waals surface area contributed by atoms with Crippen molar-refractivity contribution in [3.05, 3.63) is 95.8 Å². The second kappa shape index (κ2) is 10.2. The molecule has 0 atom stereocenters. The fourth-order valence-corrected chi connectivity index (χ4v) is 5.36. The van der Waals surface area contributed by atoms with Crippen molar-refractivity contribution in [2.45, 2.75) is 4.90 Å². The van der Waals surface area contributed by atoms with Gasteiger partial charge in [-0.2, -0.15) is 4.31 Å². The van der Waals surface area contributed by atoms with Crippen LogP contribution in [0, 0.1) is 5.82 Å². The van der Waals surface area contributed by atoms with Crippen LogP contribution in [0.4, 0.5) is 4.39 Å². The van der Waals surface area contributed by atoms with Crippen LogP contribution < -0.4 is 4.74 Å². The van der Waals surface area contributed by atoms with E-state index in [2.05, 4.69) is 0 Å². The van der Waals surface area contributed by atoms with E-state index in [9.17, 15) is 17.6 Å². The molecule has 0 radical (unpaired) electrons. The van der Waals surface area contributed by atoms with Crippen molar-refractivity contribution < 1.29 is 22.3 Å². The first-order valence-corrected chi connectivity index (χ1v) is 12.3. The molecule has 1 aliphatic heterocycles. The summed E-state index contributed by atoms with van der Waals surface area (Å²) in [5.74, 6) is -0.154. The number of nitrogens with zero attached hydrogens (tertiary/aromatic N) is 2. The van der Waals surface area contributed by atoms with Gasteiger partial charge in [0, 0.05) is 37.3 Å². The minimum absolute atomic E-state index is 0.0895. The summed E-state index contributed by atoms with van der Waals surface area (Å²) in [6.45, 7) is 0.704. The van der Waals surface area contributed by atoms with Gasteiger partial charge in [0.1, 0.15) is 11.6 Å². The Labute approximate surface area is 198 Å². The molecule has 1 fully saturated rings. The number of piperazine rings is 1. The number of carbonyl (C=O) groups is 1. The average molecular weight is 481 g/mol. The fraction of sp³-hybridized carbons (Fsp3) is 0.192. The van der Waals surface area contributed by atoms with Gasteiger partial charge >= 0.3 is 0 Å². The van der Waals surface area contributed by atoms with Crippen LogP contribution in [0.25, 0.3) is 11.6 Å². The summed E-state index contributed by atoms with van der Waals surface area (Å²) in [6.07, 6.45) is 1.80. The third-order valence-corrected chi connectivity index (χ3v) is 7.61. The molecule has 0 unspecified atom stereocenters. The lowest BCUT2D eigenvalue weighted by Crippen LogP contribution is -2.50. The molecular formula is C26H25FN2O4S. The largest absolute Gasteiger partial charge is 0.496 e. The predicted octanol–water partition coefficient (Wildman–Crippen LogP) is 3.91. The van der Waals surface area contributed by atoms with E-state index in [0.29, 0.717) is 11.3 Å². The van der Waals surface area contributed by atoms with E-state index in [1.165, 1.54) is 22.5 Å². The molecule has 6 nitrogen and oxygen atoms in total. The van der Waals surface area contributed by atoms with Gasteiger partial charge in [-0.3, -0.25) is 4.79 Å². The van der Waals surface area contributed by atoms with Crippen LogP contribution in [0.3, 0.4) is 0 Å². The second-order valence-electron chi connectivity index (χ2n) is 7.82. The van der Waals surface area contributed by atoms with Crippen molar-refractivity contribution in [1.82, 2.24) is 9.21 Å². The Hall–Kier alpha value is -3.49. The van der Waals surface area contributed by atoms with Crippen molar-refractivity contribution in [3.8, 4) is 5.75 Å². The van der Waals surface area contributed by atoms with Gasteiger partial charge in [-0.1, -0.05) is 54.6 Å².